The first-order chi connectivity index (χ1) is 15.1. The summed E-state index contributed by atoms with van der Waals surface area (Å²) in [6.45, 7) is 0.583. The largest absolute Gasteiger partial charge is 0.454 e. The normalized spacial score (nSPS) is 12.2. The van der Waals surface area contributed by atoms with E-state index in [0.29, 0.717) is 34.3 Å². The minimum atomic E-state index is -0.182. The number of pyridine rings is 1. The summed E-state index contributed by atoms with van der Waals surface area (Å²) >= 11 is 9.51. The van der Waals surface area contributed by atoms with Gasteiger partial charge in [0.2, 0.25) is 6.79 Å². The highest BCUT2D eigenvalue weighted by Crippen LogP contribution is 2.32. The van der Waals surface area contributed by atoms with Crippen LogP contribution in [0.15, 0.2) is 71.2 Å². The molecule has 0 bridgehead atoms. The van der Waals surface area contributed by atoms with Crippen LogP contribution >= 0.6 is 27.5 Å². The SMILES string of the molecule is O=C(NCc1ccc2c(c1)OCO2)c1cc(-c2ccc(Cl)cc2)nc2ccc(Br)cc12. The number of nitrogens with zero attached hydrogens (tertiary/aromatic N) is 1. The van der Waals surface area contributed by atoms with Crippen LogP contribution in [0.3, 0.4) is 0 Å². The molecule has 0 spiro atoms. The average molecular weight is 496 g/mol. The van der Waals surface area contributed by atoms with Gasteiger partial charge in [-0.25, -0.2) is 4.98 Å². The van der Waals surface area contributed by atoms with Crippen LogP contribution in [-0.4, -0.2) is 17.7 Å². The number of nitrogens with one attached hydrogen (secondary N) is 1. The Balaban J connectivity index is 1.48. The maximum Gasteiger partial charge on any atom is 0.252 e. The Morgan fingerprint density at radius 2 is 1.81 bits per heavy atom. The molecule has 1 N–H and O–H groups in total. The highest BCUT2D eigenvalue weighted by molar-refractivity contribution is 9.10. The predicted octanol–water partition coefficient (Wildman–Crippen LogP) is 5.98. The Bertz CT molecular complexity index is 1310. The second-order valence-corrected chi connectivity index (χ2v) is 8.45. The number of rotatable bonds is 4. The third kappa shape index (κ3) is 4.09. The number of hydrogen-bond donors (Lipinski definition) is 1. The van der Waals surface area contributed by atoms with E-state index in [1.165, 1.54) is 0 Å². The van der Waals surface area contributed by atoms with Gasteiger partial charge >= 0.3 is 0 Å². The molecule has 0 unspecified atom stereocenters. The molecule has 5 rings (SSSR count). The van der Waals surface area contributed by atoms with Crippen LogP contribution in [0.4, 0.5) is 0 Å². The topological polar surface area (TPSA) is 60.5 Å². The minimum Gasteiger partial charge on any atom is -0.454 e. The van der Waals surface area contributed by atoms with Crippen LogP contribution in [0.5, 0.6) is 11.5 Å². The fourth-order valence-corrected chi connectivity index (χ4v) is 3.97. The van der Waals surface area contributed by atoms with Gasteiger partial charge in [0, 0.05) is 27.0 Å². The van der Waals surface area contributed by atoms with Gasteiger partial charge in [0.05, 0.1) is 16.8 Å². The van der Waals surface area contributed by atoms with Crippen molar-refractivity contribution in [3.8, 4) is 22.8 Å². The Hall–Kier alpha value is -3.09. The molecule has 5 nitrogen and oxygen atoms in total. The number of aromatic nitrogens is 1. The molecule has 4 aromatic rings. The lowest BCUT2D eigenvalue weighted by atomic mass is 10.0. The van der Waals surface area contributed by atoms with E-state index in [-0.39, 0.29) is 12.7 Å². The molecule has 1 amide bonds. The maximum atomic E-state index is 13.2. The van der Waals surface area contributed by atoms with Gasteiger partial charge in [0.15, 0.2) is 11.5 Å². The third-order valence-electron chi connectivity index (χ3n) is 5.05. The van der Waals surface area contributed by atoms with Crippen LogP contribution in [-0.2, 0) is 6.54 Å². The quantitative estimate of drug-likeness (QED) is 0.378. The Kier molecular flexibility index (Phi) is 5.26. The summed E-state index contributed by atoms with van der Waals surface area (Å²) in [6.07, 6.45) is 0. The van der Waals surface area contributed by atoms with Crippen molar-refractivity contribution in [2.75, 3.05) is 6.79 Å². The van der Waals surface area contributed by atoms with E-state index >= 15 is 0 Å². The van der Waals surface area contributed by atoms with E-state index in [0.717, 1.165) is 26.5 Å². The monoisotopic (exact) mass is 494 g/mol. The lowest BCUT2D eigenvalue weighted by Gasteiger charge is -2.12. The predicted molar refractivity (Wildman–Crippen MR) is 124 cm³/mol. The second kappa shape index (κ2) is 8.21. The van der Waals surface area contributed by atoms with E-state index < -0.39 is 0 Å². The highest BCUT2D eigenvalue weighted by Gasteiger charge is 2.16. The van der Waals surface area contributed by atoms with Crippen molar-refractivity contribution in [3.05, 3.63) is 87.4 Å². The van der Waals surface area contributed by atoms with Gasteiger partial charge in [-0.3, -0.25) is 4.79 Å². The zero-order chi connectivity index (χ0) is 21.4. The van der Waals surface area contributed by atoms with Crippen LogP contribution in [0, 0.1) is 0 Å². The number of carbonyl (C=O) groups excluding carboxylic acids is 1. The molecule has 0 fully saturated rings. The molecule has 0 saturated carbocycles. The standard InChI is InChI=1S/C24H16BrClN2O3/c25-16-4-7-20-18(10-16)19(11-21(28-20)15-2-5-17(26)6-3-15)24(29)27-12-14-1-8-22-23(9-14)31-13-30-22/h1-11H,12-13H2,(H,27,29). The number of hydrogen-bond acceptors (Lipinski definition) is 4. The van der Waals surface area contributed by atoms with Crippen molar-refractivity contribution < 1.29 is 14.3 Å². The number of halogens is 2. The van der Waals surface area contributed by atoms with Crippen molar-refractivity contribution >= 4 is 44.3 Å². The van der Waals surface area contributed by atoms with Gasteiger partial charge in [0.25, 0.3) is 5.91 Å². The summed E-state index contributed by atoms with van der Waals surface area (Å²) in [7, 11) is 0. The number of amides is 1. The van der Waals surface area contributed by atoms with Crippen LogP contribution < -0.4 is 14.8 Å². The molecule has 0 radical (unpaired) electrons. The molecule has 0 aliphatic carbocycles. The van der Waals surface area contributed by atoms with Crippen LogP contribution in [0.25, 0.3) is 22.2 Å². The number of fused-ring (bicyclic) bond motifs is 2. The Labute approximate surface area is 192 Å². The fraction of sp³-hybridized carbons (Fsp3) is 0.0833. The van der Waals surface area contributed by atoms with E-state index in [9.17, 15) is 4.79 Å². The second-order valence-electron chi connectivity index (χ2n) is 7.09. The first-order valence-corrected chi connectivity index (χ1v) is 10.8. The lowest BCUT2D eigenvalue weighted by molar-refractivity contribution is 0.0952. The molecule has 0 saturated heterocycles. The first-order valence-electron chi connectivity index (χ1n) is 9.60. The molecule has 3 aromatic carbocycles. The van der Waals surface area contributed by atoms with Gasteiger partial charge in [-0.15, -0.1) is 0 Å². The van der Waals surface area contributed by atoms with Crippen molar-refractivity contribution in [1.82, 2.24) is 10.3 Å². The lowest BCUT2D eigenvalue weighted by Crippen LogP contribution is -2.23. The number of benzene rings is 3. The van der Waals surface area contributed by atoms with Crippen molar-refractivity contribution in [3.63, 3.8) is 0 Å². The summed E-state index contributed by atoms with van der Waals surface area (Å²) in [5.74, 6) is 1.22. The van der Waals surface area contributed by atoms with E-state index in [1.54, 1.807) is 0 Å². The average Bonchev–Trinajstić information content (AvgIpc) is 3.25. The zero-order valence-electron chi connectivity index (χ0n) is 16.2. The summed E-state index contributed by atoms with van der Waals surface area (Å²) in [4.78, 5) is 17.9. The third-order valence-corrected chi connectivity index (χ3v) is 5.79. The van der Waals surface area contributed by atoms with Crippen LogP contribution in [0.2, 0.25) is 5.02 Å². The molecule has 154 valence electrons. The summed E-state index contributed by atoms with van der Waals surface area (Å²) in [5.41, 5.74) is 3.81. The zero-order valence-corrected chi connectivity index (χ0v) is 18.5. The van der Waals surface area contributed by atoms with Gasteiger partial charge in [-0.1, -0.05) is 45.7 Å². The van der Waals surface area contributed by atoms with Crippen molar-refractivity contribution in [2.45, 2.75) is 6.54 Å². The molecule has 0 atom stereocenters. The molecule has 31 heavy (non-hydrogen) atoms. The van der Waals surface area contributed by atoms with E-state index in [4.69, 9.17) is 26.1 Å². The molecular formula is C24H16BrClN2O3. The maximum absolute atomic E-state index is 13.2. The van der Waals surface area contributed by atoms with Gasteiger partial charge < -0.3 is 14.8 Å². The van der Waals surface area contributed by atoms with Crippen molar-refractivity contribution in [1.29, 1.82) is 0 Å². The highest BCUT2D eigenvalue weighted by atomic mass is 79.9. The fourth-order valence-electron chi connectivity index (χ4n) is 3.48. The van der Waals surface area contributed by atoms with Gasteiger partial charge in [-0.05, 0) is 54.1 Å². The van der Waals surface area contributed by atoms with E-state index in [1.807, 2.05) is 66.7 Å². The molecule has 7 heteroatoms. The van der Waals surface area contributed by atoms with E-state index in [2.05, 4.69) is 21.2 Å². The number of carbonyl (C=O) groups is 1. The van der Waals surface area contributed by atoms with Gasteiger partial charge in [-0.2, -0.15) is 0 Å². The summed E-state index contributed by atoms with van der Waals surface area (Å²) in [5, 5.41) is 4.43. The first kappa shape index (κ1) is 19.8. The molecule has 1 aromatic heterocycles. The molecule has 1 aliphatic rings. The minimum absolute atomic E-state index is 0.182. The molecule has 2 heterocycles. The Morgan fingerprint density at radius 3 is 2.65 bits per heavy atom. The summed E-state index contributed by atoms with van der Waals surface area (Å²) < 4.78 is 11.6. The smallest absolute Gasteiger partial charge is 0.252 e. The Morgan fingerprint density at radius 1 is 1.00 bits per heavy atom. The van der Waals surface area contributed by atoms with Crippen LogP contribution in [0.1, 0.15) is 15.9 Å². The van der Waals surface area contributed by atoms with Gasteiger partial charge in [0.1, 0.15) is 0 Å². The molecular weight excluding hydrogens is 480 g/mol. The summed E-state index contributed by atoms with van der Waals surface area (Å²) in [6, 6.07) is 20.6. The number of ether oxygens (including phenoxy) is 2. The van der Waals surface area contributed by atoms with Crippen molar-refractivity contribution in [2.24, 2.45) is 0 Å². The molecule has 1 aliphatic heterocycles.